The first-order chi connectivity index (χ1) is 24.2. The number of hydrogen-bond acceptors (Lipinski definition) is 5. The Balaban J connectivity index is 4.16. The zero-order valence-electron chi connectivity index (χ0n) is 32.1. The fourth-order valence-electron chi connectivity index (χ4n) is 5.89. The standard InChI is InChI=1S/C42H77NO6S/c1-3-5-7-9-11-13-15-17-19-20-21-23-24-26-28-30-32-34-36-40(44)39(38-50(47,48)49)43-42(46)41(45)37-35-33-31-29-27-25-22-18-16-14-12-10-8-6-4-2/h20-22,25-26,28,34,36,39-41,44-45H,3-19,23-24,27,29-33,35,37-38H2,1-2H3,(H,43,46)(H,47,48,49)/b21-20+,25-22-,28-26+,36-34+. The first-order valence-electron chi connectivity index (χ1n) is 20.4. The lowest BCUT2D eigenvalue weighted by atomic mass is 10.1. The maximum Gasteiger partial charge on any atom is 0.267 e. The average Bonchev–Trinajstić information content (AvgIpc) is 3.08. The van der Waals surface area contributed by atoms with Crippen molar-refractivity contribution >= 4 is 16.0 Å². The van der Waals surface area contributed by atoms with Crippen LogP contribution >= 0.6 is 0 Å². The lowest BCUT2D eigenvalue weighted by Gasteiger charge is -2.22. The quantitative estimate of drug-likeness (QED) is 0.0290. The zero-order chi connectivity index (χ0) is 37.0. The molecule has 0 aliphatic rings. The van der Waals surface area contributed by atoms with Gasteiger partial charge in [0.05, 0.1) is 17.9 Å². The predicted molar refractivity (Wildman–Crippen MR) is 213 cm³/mol. The Hall–Kier alpha value is -1.74. The summed E-state index contributed by atoms with van der Waals surface area (Å²) in [6, 6.07) is -1.26. The van der Waals surface area contributed by atoms with Gasteiger partial charge >= 0.3 is 0 Å². The van der Waals surface area contributed by atoms with Crippen molar-refractivity contribution in [2.24, 2.45) is 0 Å². The Morgan fingerprint density at radius 1 is 0.540 bits per heavy atom. The maximum absolute atomic E-state index is 12.6. The van der Waals surface area contributed by atoms with E-state index in [4.69, 9.17) is 0 Å². The van der Waals surface area contributed by atoms with Gasteiger partial charge in [0.15, 0.2) is 0 Å². The summed E-state index contributed by atoms with van der Waals surface area (Å²) in [7, 11) is -4.46. The van der Waals surface area contributed by atoms with Crippen molar-refractivity contribution in [2.45, 2.75) is 205 Å². The summed E-state index contributed by atoms with van der Waals surface area (Å²) in [5.74, 6) is -1.58. The van der Waals surface area contributed by atoms with Crippen LogP contribution in [0.5, 0.6) is 0 Å². The molecule has 0 saturated carbocycles. The number of aliphatic hydroxyl groups excluding tert-OH is 2. The number of carbonyl (C=O) groups excluding carboxylic acids is 1. The molecule has 3 atom stereocenters. The van der Waals surface area contributed by atoms with Crippen LogP contribution in [0.2, 0.25) is 0 Å². The average molecular weight is 724 g/mol. The normalized spacial score (nSPS) is 14.4. The molecule has 0 aliphatic heterocycles. The van der Waals surface area contributed by atoms with Crippen molar-refractivity contribution < 1.29 is 28.0 Å². The highest BCUT2D eigenvalue weighted by atomic mass is 32.2. The first-order valence-corrected chi connectivity index (χ1v) is 22.1. The zero-order valence-corrected chi connectivity index (χ0v) is 32.9. The summed E-state index contributed by atoms with van der Waals surface area (Å²) in [5.41, 5.74) is 0. The van der Waals surface area contributed by atoms with E-state index in [-0.39, 0.29) is 6.42 Å². The van der Waals surface area contributed by atoms with Gasteiger partial charge in [-0.1, -0.05) is 165 Å². The Kier molecular flexibility index (Phi) is 34.4. The van der Waals surface area contributed by atoms with Crippen LogP contribution in [0.1, 0.15) is 187 Å². The van der Waals surface area contributed by atoms with Crippen LogP contribution in [0.25, 0.3) is 0 Å². The minimum atomic E-state index is -4.46. The Morgan fingerprint density at radius 3 is 1.32 bits per heavy atom. The number of aliphatic hydroxyl groups is 2. The van der Waals surface area contributed by atoms with E-state index in [1.807, 2.05) is 0 Å². The smallest absolute Gasteiger partial charge is 0.267 e. The molecule has 8 heteroatoms. The molecule has 0 heterocycles. The Morgan fingerprint density at radius 2 is 0.900 bits per heavy atom. The maximum atomic E-state index is 12.6. The largest absolute Gasteiger partial charge is 0.387 e. The number of allylic oxidation sites excluding steroid dienone is 7. The van der Waals surface area contributed by atoms with Gasteiger partial charge in [-0.05, 0) is 70.6 Å². The SMILES string of the molecule is CCCCCCCCC/C=C\CCCCCCC(O)C(=O)NC(CS(=O)(=O)O)C(O)/C=C/CC/C=C/CC/C=C/CCCCCCCCCC. The highest BCUT2D eigenvalue weighted by Crippen LogP contribution is 2.13. The van der Waals surface area contributed by atoms with E-state index in [9.17, 15) is 28.0 Å². The van der Waals surface area contributed by atoms with Gasteiger partial charge in [-0.2, -0.15) is 8.42 Å². The molecular formula is C42H77NO6S. The second kappa shape index (κ2) is 35.7. The third kappa shape index (κ3) is 34.7. The van der Waals surface area contributed by atoms with Gasteiger partial charge in [-0.3, -0.25) is 9.35 Å². The summed E-state index contributed by atoms with van der Waals surface area (Å²) >= 11 is 0. The van der Waals surface area contributed by atoms with Gasteiger partial charge in [-0.15, -0.1) is 0 Å². The van der Waals surface area contributed by atoms with Crippen molar-refractivity contribution in [3.05, 3.63) is 48.6 Å². The summed E-state index contributed by atoms with van der Waals surface area (Å²) in [5, 5.41) is 23.3. The molecule has 0 saturated heterocycles. The van der Waals surface area contributed by atoms with Crippen molar-refractivity contribution in [3.8, 4) is 0 Å². The van der Waals surface area contributed by atoms with Gasteiger partial charge < -0.3 is 15.5 Å². The minimum absolute atomic E-state index is 0.256. The first kappa shape index (κ1) is 48.3. The van der Waals surface area contributed by atoms with E-state index in [2.05, 4.69) is 55.6 Å². The van der Waals surface area contributed by atoms with Crippen LogP contribution in [-0.4, -0.2) is 53.1 Å². The Labute approximate surface area is 308 Å². The van der Waals surface area contributed by atoms with Gasteiger partial charge in [0.25, 0.3) is 10.1 Å². The molecule has 0 radical (unpaired) electrons. The number of hydrogen-bond donors (Lipinski definition) is 4. The lowest BCUT2D eigenvalue weighted by molar-refractivity contribution is -0.130. The van der Waals surface area contributed by atoms with Crippen molar-refractivity contribution in [3.63, 3.8) is 0 Å². The molecule has 7 nitrogen and oxygen atoms in total. The van der Waals surface area contributed by atoms with Crippen LogP contribution in [0, 0.1) is 0 Å². The summed E-state index contributed by atoms with van der Waals surface area (Å²) < 4.78 is 32.5. The van der Waals surface area contributed by atoms with E-state index in [1.165, 1.54) is 102 Å². The molecule has 50 heavy (non-hydrogen) atoms. The molecule has 3 unspecified atom stereocenters. The van der Waals surface area contributed by atoms with Crippen molar-refractivity contribution in [1.82, 2.24) is 5.32 Å². The number of carbonyl (C=O) groups is 1. The lowest BCUT2D eigenvalue weighted by Crippen LogP contribution is -2.50. The minimum Gasteiger partial charge on any atom is -0.387 e. The van der Waals surface area contributed by atoms with Crippen LogP contribution in [0.3, 0.4) is 0 Å². The highest BCUT2D eigenvalue weighted by Gasteiger charge is 2.27. The van der Waals surface area contributed by atoms with Crippen LogP contribution in [-0.2, 0) is 14.9 Å². The molecule has 0 spiro atoms. The number of unbranched alkanes of at least 4 members (excludes halogenated alkanes) is 21. The van der Waals surface area contributed by atoms with Gasteiger partial charge in [0, 0.05) is 0 Å². The van der Waals surface area contributed by atoms with Gasteiger partial charge in [-0.25, -0.2) is 0 Å². The fraction of sp³-hybridized carbons (Fsp3) is 0.786. The third-order valence-corrected chi connectivity index (χ3v) is 9.84. The molecule has 1 amide bonds. The van der Waals surface area contributed by atoms with Gasteiger partial charge in [0.2, 0.25) is 5.91 Å². The molecule has 0 aromatic rings. The summed E-state index contributed by atoms with van der Waals surface area (Å²) in [4.78, 5) is 12.6. The number of rotatable bonds is 36. The fourth-order valence-corrected chi connectivity index (χ4v) is 6.63. The topological polar surface area (TPSA) is 124 Å². The van der Waals surface area contributed by atoms with Crippen molar-refractivity contribution in [1.29, 1.82) is 0 Å². The summed E-state index contributed by atoms with van der Waals surface area (Å²) in [6.07, 6.45) is 44.5. The highest BCUT2D eigenvalue weighted by molar-refractivity contribution is 7.85. The molecule has 0 fully saturated rings. The van der Waals surface area contributed by atoms with E-state index in [1.54, 1.807) is 6.08 Å². The molecule has 4 N–H and O–H groups in total. The van der Waals surface area contributed by atoms with Crippen LogP contribution in [0.4, 0.5) is 0 Å². The Bertz CT molecular complexity index is 990. The summed E-state index contributed by atoms with van der Waals surface area (Å²) in [6.45, 7) is 4.50. The van der Waals surface area contributed by atoms with E-state index in [0.717, 1.165) is 57.8 Å². The molecule has 292 valence electrons. The van der Waals surface area contributed by atoms with Crippen LogP contribution < -0.4 is 5.32 Å². The number of amides is 1. The third-order valence-electron chi connectivity index (χ3n) is 9.06. The van der Waals surface area contributed by atoms with Crippen molar-refractivity contribution in [2.75, 3.05) is 5.75 Å². The predicted octanol–water partition coefficient (Wildman–Crippen LogP) is 10.9. The van der Waals surface area contributed by atoms with Gasteiger partial charge in [0.1, 0.15) is 6.10 Å². The molecule has 0 aliphatic carbocycles. The second-order valence-corrected chi connectivity index (χ2v) is 15.5. The number of nitrogens with one attached hydrogen (secondary N) is 1. The van der Waals surface area contributed by atoms with Crippen LogP contribution in [0.15, 0.2) is 48.6 Å². The monoisotopic (exact) mass is 724 g/mol. The molecule has 0 rings (SSSR count). The molecular weight excluding hydrogens is 647 g/mol. The molecule has 0 aromatic carbocycles. The second-order valence-electron chi connectivity index (χ2n) is 14.0. The molecule has 0 aromatic heterocycles. The van der Waals surface area contributed by atoms with E-state index in [0.29, 0.717) is 12.8 Å². The van der Waals surface area contributed by atoms with E-state index < -0.39 is 40.0 Å². The van der Waals surface area contributed by atoms with E-state index >= 15 is 0 Å². The molecule has 0 bridgehead atoms.